The first kappa shape index (κ1) is 25.8. The molecule has 1 aliphatic rings. The van der Waals surface area contributed by atoms with Crippen LogP contribution < -0.4 is 15.2 Å². The number of allylic oxidation sites excluding steroid dienone is 2. The summed E-state index contributed by atoms with van der Waals surface area (Å²) in [4.78, 5) is 12.8. The number of nitrogens with zero attached hydrogens (tertiary/aromatic N) is 1. The van der Waals surface area contributed by atoms with E-state index >= 15 is 0 Å². The van der Waals surface area contributed by atoms with E-state index < -0.39 is 11.9 Å². The van der Waals surface area contributed by atoms with Crippen LogP contribution in [0.15, 0.2) is 57.6 Å². The number of rotatable bonds is 7. The van der Waals surface area contributed by atoms with Crippen LogP contribution in [0.1, 0.15) is 30.9 Å². The summed E-state index contributed by atoms with van der Waals surface area (Å²) in [5.74, 6) is -0.449. The Kier molecular flexibility index (Phi) is 8.37. The van der Waals surface area contributed by atoms with Gasteiger partial charge in [0.05, 0.1) is 29.7 Å². The van der Waals surface area contributed by atoms with Crippen molar-refractivity contribution >= 4 is 45.1 Å². The lowest BCUT2D eigenvalue weighted by Crippen LogP contribution is -2.25. The summed E-state index contributed by atoms with van der Waals surface area (Å²) in [7, 11) is 1.49. The average molecular weight is 568 g/mol. The molecular formula is C24H21BrCl2N2O5. The Morgan fingerprint density at radius 3 is 2.65 bits per heavy atom. The lowest BCUT2D eigenvalue weighted by molar-refractivity contribution is -0.139. The van der Waals surface area contributed by atoms with Crippen molar-refractivity contribution in [2.75, 3.05) is 13.7 Å². The maximum Gasteiger partial charge on any atom is 0.338 e. The minimum Gasteiger partial charge on any atom is -0.493 e. The highest BCUT2D eigenvalue weighted by molar-refractivity contribution is 9.10. The fourth-order valence-corrected chi connectivity index (χ4v) is 4.56. The molecule has 10 heteroatoms. The Morgan fingerprint density at radius 1 is 1.29 bits per heavy atom. The van der Waals surface area contributed by atoms with Crippen LogP contribution in [0, 0.1) is 11.3 Å². The van der Waals surface area contributed by atoms with Gasteiger partial charge in [-0.05, 0) is 59.6 Å². The summed E-state index contributed by atoms with van der Waals surface area (Å²) in [5.41, 5.74) is 7.55. The first-order valence-corrected chi connectivity index (χ1v) is 11.7. The monoisotopic (exact) mass is 566 g/mol. The number of esters is 1. The van der Waals surface area contributed by atoms with Crippen molar-refractivity contribution in [3.63, 3.8) is 0 Å². The van der Waals surface area contributed by atoms with E-state index in [1.54, 1.807) is 44.2 Å². The lowest BCUT2D eigenvalue weighted by atomic mass is 9.83. The normalized spacial score (nSPS) is 15.5. The molecule has 0 bridgehead atoms. The van der Waals surface area contributed by atoms with Crippen LogP contribution in [0.5, 0.6) is 11.5 Å². The molecule has 0 saturated heterocycles. The number of hydrogen-bond donors (Lipinski definition) is 1. The van der Waals surface area contributed by atoms with Crippen molar-refractivity contribution < 1.29 is 23.7 Å². The number of carbonyl (C=O) groups is 1. The standard InChI is InChI=1S/C24H21BrCl2N2O5/c1-4-32-24(30)20-12(2)34-23(29)16(10-28)21(20)14-7-17(25)22(19(8-14)31-3)33-11-13-5-6-15(26)9-18(13)27/h5-9,21H,4,11,29H2,1-3H3. The zero-order chi connectivity index (χ0) is 25.0. The second-order valence-electron chi connectivity index (χ2n) is 7.17. The van der Waals surface area contributed by atoms with E-state index in [-0.39, 0.29) is 36.0 Å². The molecule has 0 spiro atoms. The minimum atomic E-state index is -0.817. The molecule has 0 radical (unpaired) electrons. The van der Waals surface area contributed by atoms with Crippen LogP contribution in [0.25, 0.3) is 0 Å². The summed E-state index contributed by atoms with van der Waals surface area (Å²) in [6.45, 7) is 3.61. The highest BCUT2D eigenvalue weighted by atomic mass is 79.9. The number of benzene rings is 2. The predicted molar refractivity (Wildman–Crippen MR) is 131 cm³/mol. The Labute approximate surface area is 215 Å². The van der Waals surface area contributed by atoms with E-state index in [1.165, 1.54) is 7.11 Å². The Balaban J connectivity index is 2.04. The van der Waals surface area contributed by atoms with Crippen LogP contribution in [-0.2, 0) is 20.9 Å². The number of nitriles is 1. The van der Waals surface area contributed by atoms with Gasteiger partial charge in [-0.2, -0.15) is 5.26 Å². The molecule has 2 aromatic rings. The van der Waals surface area contributed by atoms with Gasteiger partial charge in [0.15, 0.2) is 11.5 Å². The third-order valence-corrected chi connectivity index (χ3v) is 6.25. The number of methoxy groups -OCH3 is 1. The molecule has 1 aliphatic heterocycles. The number of carbonyl (C=O) groups excluding carboxylic acids is 1. The van der Waals surface area contributed by atoms with Gasteiger partial charge in [0, 0.05) is 15.6 Å². The summed E-state index contributed by atoms with van der Waals surface area (Å²) in [5, 5.41) is 10.8. The van der Waals surface area contributed by atoms with Gasteiger partial charge in [-0.15, -0.1) is 0 Å². The third-order valence-electron chi connectivity index (χ3n) is 5.07. The molecule has 1 unspecified atom stereocenters. The van der Waals surface area contributed by atoms with E-state index in [9.17, 15) is 10.1 Å². The van der Waals surface area contributed by atoms with Crippen LogP contribution in [0.3, 0.4) is 0 Å². The summed E-state index contributed by atoms with van der Waals surface area (Å²) in [6, 6.07) is 10.6. The van der Waals surface area contributed by atoms with E-state index in [2.05, 4.69) is 22.0 Å². The van der Waals surface area contributed by atoms with Crippen molar-refractivity contribution in [1.82, 2.24) is 0 Å². The van der Waals surface area contributed by atoms with Gasteiger partial charge in [-0.3, -0.25) is 0 Å². The van der Waals surface area contributed by atoms with Gasteiger partial charge < -0.3 is 24.7 Å². The fraction of sp³-hybridized carbons (Fsp3) is 0.250. The van der Waals surface area contributed by atoms with E-state index in [0.717, 1.165) is 5.56 Å². The Morgan fingerprint density at radius 2 is 2.03 bits per heavy atom. The quantitative estimate of drug-likeness (QED) is 0.410. The molecule has 0 amide bonds. The maximum absolute atomic E-state index is 12.8. The summed E-state index contributed by atoms with van der Waals surface area (Å²) >= 11 is 15.7. The molecular weight excluding hydrogens is 547 g/mol. The van der Waals surface area contributed by atoms with Crippen molar-refractivity contribution in [3.8, 4) is 17.6 Å². The van der Waals surface area contributed by atoms with E-state index in [4.69, 9.17) is 47.9 Å². The van der Waals surface area contributed by atoms with E-state index in [0.29, 0.717) is 31.6 Å². The minimum absolute atomic E-state index is 0.0779. The van der Waals surface area contributed by atoms with Crippen molar-refractivity contribution in [1.29, 1.82) is 5.26 Å². The van der Waals surface area contributed by atoms with Crippen LogP contribution in [0.2, 0.25) is 10.0 Å². The highest BCUT2D eigenvalue weighted by Gasteiger charge is 2.37. The number of ether oxygens (including phenoxy) is 4. The van der Waals surface area contributed by atoms with Gasteiger partial charge in [-0.1, -0.05) is 29.3 Å². The van der Waals surface area contributed by atoms with Gasteiger partial charge in [0.2, 0.25) is 5.88 Å². The molecule has 7 nitrogen and oxygen atoms in total. The van der Waals surface area contributed by atoms with Gasteiger partial charge in [0.25, 0.3) is 0 Å². The maximum atomic E-state index is 12.8. The summed E-state index contributed by atoms with van der Waals surface area (Å²) < 4.78 is 22.8. The van der Waals surface area contributed by atoms with Crippen LogP contribution in [0.4, 0.5) is 0 Å². The fourth-order valence-electron chi connectivity index (χ4n) is 3.52. The Bertz CT molecular complexity index is 1240. The first-order valence-electron chi connectivity index (χ1n) is 10.1. The van der Waals surface area contributed by atoms with E-state index in [1.807, 2.05) is 0 Å². The first-order chi connectivity index (χ1) is 16.2. The van der Waals surface area contributed by atoms with Crippen molar-refractivity contribution in [2.45, 2.75) is 26.4 Å². The molecule has 3 rings (SSSR count). The number of hydrogen-bond acceptors (Lipinski definition) is 7. The topological polar surface area (TPSA) is 104 Å². The van der Waals surface area contributed by atoms with Crippen molar-refractivity contribution in [3.05, 3.63) is 78.8 Å². The zero-order valence-electron chi connectivity index (χ0n) is 18.6. The molecule has 0 fully saturated rings. The van der Waals surface area contributed by atoms with Crippen LogP contribution in [-0.4, -0.2) is 19.7 Å². The Hall–Kier alpha value is -2.86. The number of halogens is 3. The number of nitrogens with two attached hydrogens (primary N) is 1. The SMILES string of the molecule is CCOC(=O)C1=C(C)OC(N)=C(C#N)C1c1cc(Br)c(OCc2ccc(Cl)cc2Cl)c(OC)c1. The third kappa shape index (κ3) is 5.27. The molecule has 1 heterocycles. The largest absolute Gasteiger partial charge is 0.493 e. The highest BCUT2D eigenvalue weighted by Crippen LogP contribution is 2.45. The molecule has 0 aliphatic carbocycles. The van der Waals surface area contributed by atoms with Crippen molar-refractivity contribution in [2.24, 2.45) is 5.73 Å². The molecule has 0 saturated carbocycles. The van der Waals surface area contributed by atoms with Gasteiger partial charge in [-0.25, -0.2) is 4.79 Å². The smallest absolute Gasteiger partial charge is 0.338 e. The zero-order valence-corrected chi connectivity index (χ0v) is 21.7. The van der Waals surface area contributed by atoms with Gasteiger partial charge in [0.1, 0.15) is 24.0 Å². The average Bonchev–Trinajstić information content (AvgIpc) is 2.78. The molecule has 2 N–H and O–H groups in total. The predicted octanol–water partition coefficient (Wildman–Crippen LogP) is 5.99. The second-order valence-corrected chi connectivity index (χ2v) is 8.87. The van der Waals surface area contributed by atoms with Crippen LogP contribution >= 0.6 is 39.1 Å². The molecule has 1 atom stereocenters. The van der Waals surface area contributed by atoms with Gasteiger partial charge >= 0.3 is 5.97 Å². The molecule has 2 aromatic carbocycles. The molecule has 178 valence electrons. The molecule has 0 aromatic heterocycles. The lowest BCUT2D eigenvalue weighted by Gasteiger charge is -2.27. The summed E-state index contributed by atoms with van der Waals surface area (Å²) in [6.07, 6.45) is 0. The second kappa shape index (κ2) is 11.0. The molecule has 34 heavy (non-hydrogen) atoms.